The first-order chi connectivity index (χ1) is 9.26. The Morgan fingerprint density at radius 3 is 3.11 bits per heavy atom. The van der Waals surface area contributed by atoms with Gasteiger partial charge in [-0.3, -0.25) is 4.79 Å². The average molecular weight is 271 g/mol. The number of ether oxygens (including phenoxy) is 1. The van der Waals surface area contributed by atoms with Crippen LogP contribution in [0.1, 0.15) is 12.1 Å². The number of amides is 1. The fraction of sp³-hybridized carbons (Fsp3) is 0.727. The van der Waals surface area contributed by atoms with Crippen molar-refractivity contribution in [1.29, 1.82) is 0 Å². The second-order valence-electron chi connectivity index (χ2n) is 3.97. The van der Waals surface area contributed by atoms with Gasteiger partial charge in [0, 0.05) is 39.4 Å². The van der Waals surface area contributed by atoms with Crippen LogP contribution >= 0.6 is 0 Å². The highest BCUT2D eigenvalue weighted by Crippen LogP contribution is 1.92. The number of nitrogens with one attached hydrogen (secondary N) is 2. The van der Waals surface area contributed by atoms with Gasteiger partial charge in [0.05, 0.1) is 25.5 Å². The van der Waals surface area contributed by atoms with Crippen LogP contribution in [0.25, 0.3) is 0 Å². The van der Waals surface area contributed by atoms with Gasteiger partial charge in [-0.1, -0.05) is 5.21 Å². The number of hydrogen-bond donors (Lipinski definition) is 3. The number of rotatable bonds is 10. The Labute approximate surface area is 112 Å². The highest BCUT2D eigenvalue weighted by atomic mass is 16.5. The molecule has 0 atom stereocenters. The van der Waals surface area contributed by atoms with E-state index in [2.05, 4.69) is 20.9 Å². The van der Waals surface area contributed by atoms with Gasteiger partial charge in [0.15, 0.2) is 0 Å². The summed E-state index contributed by atoms with van der Waals surface area (Å²) in [5, 5.41) is 22.4. The third-order valence-electron chi connectivity index (χ3n) is 2.38. The van der Waals surface area contributed by atoms with Crippen LogP contribution in [0.2, 0.25) is 0 Å². The molecule has 19 heavy (non-hydrogen) atoms. The Kier molecular flexibility index (Phi) is 7.71. The van der Waals surface area contributed by atoms with Crippen LogP contribution in [0.4, 0.5) is 0 Å². The first-order valence-electron chi connectivity index (χ1n) is 6.22. The molecule has 0 saturated carbocycles. The zero-order valence-electron chi connectivity index (χ0n) is 11.1. The maximum atomic E-state index is 11.4. The predicted octanol–water partition coefficient (Wildman–Crippen LogP) is -1.49. The minimum Gasteiger partial charge on any atom is -0.394 e. The van der Waals surface area contributed by atoms with Gasteiger partial charge in [-0.25, -0.2) is 4.68 Å². The van der Waals surface area contributed by atoms with E-state index in [0.29, 0.717) is 39.2 Å². The lowest BCUT2D eigenvalue weighted by atomic mass is 10.3. The molecule has 0 spiro atoms. The summed E-state index contributed by atoms with van der Waals surface area (Å²) in [5.41, 5.74) is 0.785. The summed E-state index contributed by atoms with van der Waals surface area (Å²) in [4.78, 5) is 11.4. The number of hydrogen-bond acceptors (Lipinski definition) is 6. The van der Waals surface area contributed by atoms with Crippen LogP contribution in [0, 0.1) is 0 Å². The zero-order valence-corrected chi connectivity index (χ0v) is 11.1. The molecule has 0 aliphatic heterocycles. The molecule has 3 N–H and O–H groups in total. The van der Waals surface area contributed by atoms with E-state index in [1.54, 1.807) is 18.0 Å². The molecule has 1 amide bonds. The molecule has 108 valence electrons. The van der Waals surface area contributed by atoms with Crippen LogP contribution in [0.5, 0.6) is 0 Å². The van der Waals surface area contributed by atoms with Crippen molar-refractivity contribution >= 4 is 5.91 Å². The van der Waals surface area contributed by atoms with Gasteiger partial charge in [0.2, 0.25) is 5.91 Å². The largest absolute Gasteiger partial charge is 0.394 e. The fourth-order valence-electron chi connectivity index (χ4n) is 1.43. The van der Waals surface area contributed by atoms with Gasteiger partial charge in [-0.2, -0.15) is 0 Å². The third-order valence-corrected chi connectivity index (χ3v) is 2.38. The molecule has 0 aliphatic carbocycles. The average Bonchev–Trinajstić information content (AvgIpc) is 2.83. The molecular weight excluding hydrogens is 250 g/mol. The summed E-state index contributed by atoms with van der Waals surface area (Å²) in [7, 11) is 1.59. The Balaban J connectivity index is 2.07. The van der Waals surface area contributed by atoms with Crippen molar-refractivity contribution < 1.29 is 14.6 Å². The molecule has 8 heteroatoms. The van der Waals surface area contributed by atoms with Crippen LogP contribution in [0.15, 0.2) is 6.20 Å². The van der Waals surface area contributed by atoms with E-state index < -0.39 is 0 Å². The van der Waals surface area contributed by atoms with Crippen LogP contribution in [-0.2, 0) is 22.6 Å². The van der Waals surface area contributed by atoms with Gasteiger partial charge in [0.25, 0.3) is 0 Å². The molecule has 1 heterocycles. The summed E-state index contributed by atoms with van der Waals surface area (Å²) >= 11 is 0. The van der Waals surface area contributed by atoms with Gasteiger partial charge in [-0.15, -0.1) is 5.10 Å². The maximum Gasteiger partial charge on any atom is 0.221 e. The Bertz CT molecular complexity index is 369. The summed E-state index contributed by atoms with van der Waals surface area (Å²) in [6, 6.07) is 0. The lowest BCUT2D eigenvalue weighted by molar-refractivity contribution is -0.121. The standard InChI is InChI=1S/C11H21N5O3/c1-19-7-4-13-11(18)2-3-12-8-10-9-16(5-6-17)15-14-10/h9,12,17H,2-8H2,1H3,(H,13,18). The minimum atomic E-state index is -0.00603. The van der Waals surface area contributed by atoms with Crippen LogP contribution < -0.4 is 10.6 Å². The van der Waals surface area contributed by atoms with E-state index in [1.807, 2.05) is 0 Å². The van der Waals surface area contributed by atoms with Crippen molar-refractivity contribution in [2.24, 2.45) is 0 Å². The van der Waals surface area contributed by atoms with E-state index in [-0.39, 0.29) is 12.5 Å². The van der Waals surface area contributed by atoms with Gasteiger partial charge in [-0.05, 0) is 0 Å². The Morgan fingerprint density at radius 2 is 2.37 bits per heavy atom. The highest BCUT2D eigenvalue weighted by Gasteiger charge is 2.02. The van der Waals surface area contributed by atoms with Crippen molar-refractivity contribution in [2.75, 3.05) is 33.4 Å². The Hall–Kier alpha value is -1.51. The molecule has 8 nitrogen and oxygen atoms in total. The monoisotopic (exact) mass is 271 g/mol. The van der Waals surface area contributed by atoms with E-state index in [9.17, 15) is 4.79 Å². The topological polar surface area (TPSA) is 101 Å². The highest BCUT2D eigenvalue weighted by molar-refractivity contribution is 5.75. The predicted molar refractivity (Wildman–Crippen MR) is 68.3 cm³/mol. The van der Waals surface area contributed by atoms with Gasteiger partial charge >= 0.3 is 0 Å². The molecule has 0 radical (unpaired) electrons. The number of nitrogens with zero attached hydrogens (tertiary/aromatic N) is 3. The molecular formula is C11H21N5O3. The van der Waals surface area contributed by atoms with Crippen molar-refractivity contribution in [2.45, 2.75) is 19.5 Å². The van der Waals surface area contributed by atoms with E-state index in [0.717, 1.165) is 5.69 Å². The molecule has 0 unspecified atom stereocenters. The number of carbonyl (C=O) groups is 1. The van der Waals surface area contributed by atoms with E-state index in [4.69, 9.17) is 9.84 Å². The number of carbonyl (C=O) groups excluding carboxylic acids is 1. The molecule has 0 saturated heterocycles. The summed E-state index contributed by atoms with van der Waals surface area (Å²) in [6.45, 7) is 2.66. The molecule has 1 rings (SSSR count). The molecule has 0 fully saturated rings. The lowest BCUT2D eigenvalue weighted by Crippen LogP contribution is -2.30. The van der Waals surface area contributed by atoms with Crippen molar-refractivity contribution in [3.05, 3.63) is 11.9 Å². The molecule has 0 aromatic carbocycles. The van der Waals surface area contributed by atoms with Crippen molar-refractivity contribution in [1.82, 2.24) is 25.6 Å². The Morgan fingerprint density at radius 1 is 1.53 bits per heavy atom. The van der Waals surface area contributed by atoms with Crippen LogP contribution in [0.3, 0.4) is 0 Å². The second-order valence-corrected chi connectivity index (χ2v) is 3.97. The smallest absolute Gasteiger partial charge is 0.221 e. The normalized spacial score (nSPS) is 10.6. The number of aliphatic hydroxyl groups excluding tert-OH is 1. The third kappa shape index (κ3) is 6.85. The molecule has 0 bridgehead atoms. The van der Waals surface area contributed by atoms with Gasteiger partial charge < -0.3 is 20.5 Å². The fourth-order valence-corrected chi connectivity index (χ4v) is 1.43. The minimum absolute atomic E-state index is 0.00603. The van der Waals surface area contributed by atoms with Crippen molar-refractivity contribution in [3.8, 4) is 0 Å². The first-order valence-corrected chi connectivity index (χ1v) is 6.22. The molecule has 0 aliphatic rings. The van der Waals surface area contributed by atoms with Crippen LogP contribution in [-0.4, -0.2) is 59.4 Å². The molecule has 1 aromatic rings. The SMILES string of the molecule is COCCNC(=O)CCNCc1cn(CCO)nn1. The lowest BCUT2D eigenvalue weighted by Gasteiger charge is -2.04. The number of aliphatic hydroxyl groups is 1. The summed E-state index contributed by atoms with van der Waals surface area (Å²) < 4.78 is 6.41. The zero-order chi connectivity index (χ0) is 13.9. The van der Waals surface area contributed by atoms with E-state index >= 15 is 0 Å². The van der Waals surface area contributed by atoms with Gasteiger partial charge in [0.1, 0.15) is 0 Å². The maximum absolute atomic E-state index is 11.4. The quantitative estimate of drug-likeness (QED) is 0.448. The molecule has 1 aromatic heterocycles. The number of aromatic nitrogens is 3. The second kappa shape index (κ2) is 9.42. The summed E-state index contributed by atoms with van der Waals surface area (Å²) in [5.74, 6) is -0.00603. The van der Waals surface area contributed by atoms with E-state index in [1.165, 1.54) is 0 Å². The number of methoxy groups -OCH3 is 1. The summed E-state index contributed by atoms with van der Waals surface area (Å²) in [6.07, 6.45) is 2.18. The van der Waals surface area contributed by atoms with Crippen molar-refractivity contribution in [3.63, 3.8) is 0 Å². The first kappa shape index (κ1) is 15.5.